The van der Waals surface area contributed by atoms with Crippen LogP contribution < -0.4 is 10.9 Å². The maximum atomic E-state index is 12.8. The number of piperidine rings is 1. The minimum Gasteiger partial charge on any atom is -0.444 e. The summed E-state index contributed by atoms with van der Waals surface area (Å²) in [4.78, 5) is 26.7. The van der Waals surface area contributed by atoms with Gasteiger partial charge in [-0.3, -0.25) is 4.79 Å². The van der Waals surface area contributed by atoms with Crippen LogP contribution in [-0.4, -0.2) is 59.2 Å². The van der Waals surface area contributed by atoms with Crippen LogP contribution in [0.5, 0.6) is 0 Å². The lowest BCUT2D eigenvalue weighted by Gasteiger charge is -2.33. The smallest absolute Gasteiger partial charge is 0.410 e. The van der Waals surface area contributed by atoms with Gasteiger partial charge in [-0.1, -0.05) is 0 Å². The topological polar surface area (TPSA) is 85.7 Å². The van der Waals surface area contributed by atoms with Gasteiger partial charge in [0.2, 0.25) is 0 Å². The van der Waals surface area contributed by atoms with Crippen molar-refractivity contribution in [3.05, 3.63) is 28.2 Å². The molecule has 27 heavy (non-hydrogen) atoms. The molecule has 150 valence electrons. The first-order chi connectivity index (χ1) is 12.8. The molecule has 1 aromatic heterocycles. The summed E-state index contributed by atoms with van der Waals surface area (Å²) in [6.07, 6.45) is 2.86. The monoisotopic (exact) mass is 378 g/mol. The van der Waals surface area contributed by atoms with E-state index in [1.165, 1.54) is 0 Å². The summed E-state index contributed by atoms with van der Waals surface area (Å²) in [5, 5.41) is 7.50. The molecule has 3 rings (SSSR count). The van der Waals surface area contributed by atoms with Gasteiger partial charge in [0.15, 0.2) is 0 Å². The maximum absolute atomic E-state index is 12.8. The summed E-state index contributed by atoms with van der Waals surface area (Å²) >= 11 is 0. The van der Waals surface area contributed by atoms with Gasteiger partial charge in [0.25, 0.3) is 5.56 Å². The summed E-state index contributed by atoms with van der Waals surface area (Å²) < 4.78 is 12.7. The molecule has 8 nitrogen and oxygen atoms in total. The molecule has 0 spiro atoms. The highest BCUT2D eigenvalue weighted by molar-refractivity contribution is 5.68. The minimum absolute atomic E-state index is 0.0826. The molecule has 2 fully saturated rings. The Morgan fingerprint density at radius 3 is 2.74 bits per heavy atom. The molecule has 0 aliphatic carbocycles. The van der Waals surface area contributed by atoms with Gasteiger partial charge in [0.1, 0.15) is 11.7 Å². The van der Waals surface area contributed by atoms with Gasteiger partial charge in [-0.25, -0.2) is 9.48 Å². The Morgan fingerprint density at radius 1 is 1.37 bits per heavy atom. The number of morpholine rings is 1. The standard InChI is InChI=1S/C19H30N4O4/c1-19(2,3)27-18(25)22-9-5-14(6-10-22)13-23-17(24)15(4-7-21-23)16-12-20-8-11-26-16/h4,7,14,16,20H,5-6,8-13H2,1-3H3. The number of carbonyl (C=O) groups excluding carboxylic acids is 1. The summed E-state index contributed by atoms with van der Waals surface area (Å²) in [6.45, 7) is 9.52. The first-order valence-electron chi connectivity index (χ1n) is 9.70. The highest BCUT2D eigenvalue weighted by Gasteiger charge is 2.28. The quantitative estimate of drug-likeness (QED) is 0.859. The number of hydrogen-bond acceptors (Lipinski definition) is 6. The highest BCUT2D eigenvalue weighted by atomic mass is 16.6. The fourth-order valence-corrected chi connectivity index (χ4v) is 3.48. The average Bonchev–Trinajstić information content (AvgIpc) is 2.63. The Bertz CT molecular complexity index is 698. The Kier molecular flexibility index (Phi) is 6.16. The molecule has 2 aliphatic heterocycles. The number of likely N-dealkylation sites (tertiary alicyclic amines) is 1. The van der Waals surface area contributed by atoms with Gasteiger partial charge in [-0.15, -0.1) is 0 Å². The van der Waals surface area contributed by atoms with Crippen LogP contribution in [0.2, 0.25) is 0 Å². The van der Waals surface area contributed by atoms with E-state index in [1.54, 1.807) is 21.8 Å². The fraction of sp³-hybridized carbons (Fsp3) is 0.737. The van der Waals surface area contributed by atoms with E-state index in [0.717, 1.165) is 19.4 Å². The number of ether oxygens (including phenoxy) is 2. The van der Waals surface area contributed by atoms with Crippen LogP contribution in [0.15, 0.2) is 17.1 Å². The molecule has 8 heteroatoms. The van der Waals surface area contributed by atoms with Gasteiger partial charge in [0.05, 0.1) is 12.2 Å². The number of aromatic nitrogens is 2. The number of carbonyl (C=O) groups is 1. The lowest BCUT2D eigenvalue weighted by atomic mass is 9.97. The Morgan fingerprint density at radius 2 is 2.11 bits per heavy atom. The SMILES string of the molecule is CC(C)(C)OC(=O)N1CCC(Cn2nccc(C3CNCCO3)c2=O)CC1. The zero-order valence-electron chi connectivity index (χ0n) is 16.4. The lowest BCUT2D eigenvalue weighted by molar-refractivity contribution is 0.0174. The van der Waals surface area contributed by atoms with Crippen LogP contribution in [0.25, 0.3) is 0 Å². The van der Waals surface area contributed by atoms with Gasteiger partial charge >= 0.3 is 6.09 Å². The fourth-order valence-electron chi connectivity index (χ4n) is 3.48. The number of amides is 1. The third-order valence-corrected chi connectivity index (χ3v) is 4.91. The van der Waals surface area contributed by atoms with E-state index in [9.17, 15) is 9.59 Å². The molecule has 0 aromatic carbocycles. The van der Waals surface area contributed by atoms with E-state index in [1.807, 2.05) is 20.8 Å². The van der Waals surface area contributed by atoms with Crippen LogP contribution in [0.3, 0.4) is 0 Å². The van der Waals surface area contributed by atoms with Gasteiger partial charge < -0.3 is 19.7 Å². The Hall–Kier alpha value is -1.93. The molecule has 1 unspecified atom stereocenters. The Balaban J connectivity index is 1.58. The molecule has 0 saturated carbocycles. The summed E-state index contributed by atoms with van der Waals surface area (Å²) in [5.41, 5.74) is 0.0888. The van der Waals surface area contributed by atoms with Crippen molar-refractivity contribution < 1.29 is 14.3 Å². The average molecular weight is 378 g/mol. The van der Waals surface area contributed by atoms with Crippen molar-refractivity contribution in [2.45, 2.75) is 51.9 Å². The van der Waals surface area contributed by atoms with Crippen LogP contribution in [-0.2, 0) is 16.0 Å². The number of hydrogen-bond donors (Lipinski definition) is 1. The minimum atomic E-state index is -0.484. The van der Waals surface area contributed by atoms with Crippen LogP contribution >= 0.6 is 0 Å². The normalized spacial score (nSPS) is 21.9. The summed E-state index contributed by atoms with van der Waals surface area (Å²) in [7, 11) is 0. The van der Waals surface area contributed by atoms with Crippen molar-refractivity contribution >= 4 is 6.09 Å². The van der Waals surface area contributed by atoms with Crippen molar-refractivity contribution in [2.24, 2.45) is 5.92 Å². The third kappa shape index (κ3) is 5.29. The van der Waals surface area contributed by atoms with Gasteiger partial charge in [-0.05, 0) is 45.6 Å². The van der Waals surface area contributed by atoms with E-state index >= 15 is 0 Å². The molecule has 0 bridgehead atoms. The number of nitrogens with zero attached hydrogens (tertiary/aromatic N) is 3. The second-order valence-corrected chi connectivity index (χ2v) is 8.25. The first kappa shape index (κ1) is 19.8. The van der Waals surface area contributed by atoms with Crippen LogP contribution in [0, 0.1) is 5.92 Å². The van der Waals surface area contributed by atoms with Gasteiger partial charge in [0, 0.05) is 38.9 Å². The van der Waals surface area contributed by atoms with Crippen molar-refractivity contribution in [1.82, 2.24) is 20.0 Å². The van der Waals surface area contributed by atoms with E-state index < -0.39 is 5.60 Å². The largest absolute Gasteiger partial charge is 0.444 e. The summed E-state index contributed by atoms with van der Waals surface area (Å²) in [6, 6.07) is 1.75. The van der Waals surface area contributed by atoms with E-state index in [4.69, 9.17) is 9.47 Å². The van der Waals surface area contributed by atoms with Crippen LogP contribution in [0.4, 0.5) is 4.79 Å². The van der Waals surface area contributed by atoms with E-state index in [2.05, 4.69) is 10.4 Å². The molecular formula is C19H30N4O4. The van der Waals surface area contributed by atoms with Crippen molar-refractivity contribution in [3.63, 3.8) is 0 Å². The van der Waals surface area contributed by atoms with Gasteiger partial charge in [-0.2, -0.15) is 5.10 Å². The molecular weight excluding hydrogens is 348 g/mol. The molecule has 3 heterocycles. The second kappa shape index (κ2) is 8.39. The predicted octanol–water partition coefficient (Wildman–Crippen LogP) is 1.55. The highest BCUT2D eigenvalue weighted by Crippen LogP contribution is 2.21. The summed E-state index contributed by atoms with van der Waals surface area (Å²) in [5.74, 6) is 0.314. The number of rotatable bonds is 3. The zero-order chi connectivity index (χ0) is 19.4. The van der Waals surface area contributed by atoms with E-state index in [0.29, 0.717) is 44.3 Å². The molecule has 0 radical (unpaired) electrons. The molecule has 1 aromatic rings. The molecule has 1 amide bonds. The Labute approximate surface area is 159 Å². The predicted molar refractivity (Wildman–Crippen MR) is 101 cm³/mol. The first-order valence-corrected chi connectivity index (χ1v) is 9.70. The van der Waals surface area contributed by atoms with E-state index in [-0.39, 0.29) is 17.8 Å². The molecule has 2 aliphatic rings. The molecule has 1 N–H and O–H groups in total. The number of nitrogens with one attached hydrogen (secondary N) is 1. The molecule has 1 atom stereocenters. The zero-order valence-corrected chi connectivity index (χ0v) is 16.4. The van der Waals surface area contributed by atoms with Crippen molar-refractivity contribution in [3.8, 4) is 0 Å². The van der Waals surface area contributed by atoms with Crippen LogP contribution in [0.1, 0.15) is 45.3 Å². The van der Waals surface area contributed by atoms with Crippen molar-refractivity contribution in [2.75, 3.05) is 32.8 Å². The maximum Gasteiger partial charge on any atom is 0.410 e. The second-order valence-electron chi connectivity index (χ2n) is 8.25. The third-order valence-electron chi connectivity index (χ3n) is 4.91. The van der Waals surface area contributed by atoms with Crippen molar-refractivity contribution in [1.29, 1.82) is 0 Å². The molecule has 2 saturated heterocycles. The lowest BCUT2D eigenvalue weighted by Crippen LogP contribution is -2.43.